The molecule has 1 heterocycles. The van der Waals surface area contributed by atoms with Crippen LogP contribution < -0.4 is 10.3 Å². The van der Waals surface area contributed by atoms with Gasteiger partial charge in [0.05, 0.1) is 24.6 Å². The Hall–Kier alpha value is -2.80. The molecule has 0 saturated heterocycles. The Morgan fingerprint density at radius 3 is 2.71 bits per heavy atom. The van der Waals surface area contributed by atoms with E-state index in [-0.39, 0.29) is 22.5 Å². The maximum absolute atomic E-state index is 14.0. The van der Waals surface area contributed by atoms with E-state index in [0.29, 0.717) is 15.9 Å². The summed E-state index contributed by atoms with van der Waals surface area (Å²) >= 11 is 6.01. The average molecular weight is 351 g/mol. The van der Waals surface area contributed by atoms with Crippen molar-refractivity contribution in [1.82, 2.24) is 9.36 Å². The first-order valence-electron chi connectivity index (χ1n) is 6.89. The second kappa shape index (κ2) is 6.01. The Labute approximate surface area is 140 Å². The lowest BCUT2D eigenvalue weighted by Crippen LogP contribution is -2.29. The number of methoxy groups -OCH3 is 1. The highest BCUT2D eigenvalue weighted by molar-refractivity contribution is 6.31. The Bertz CT molecular complexity index is 989. The van der Waals surface area contributed by atoms with Gasteiger partial charge in [0.2, 0.25) is 0 Å². The number of rotatable bonds is 3. The second-order valence-electron chi connectivity index (χ2n) is 5.04. The lowest BCUT2D eigenvalue weighted by atomic mass is 10.2. The number of fused-ring (bicyclic) bond motifs is 1. The molecule has 0 aliphatic heterocycles. The van der Waals surface area contributed by atoms with Crippen LogP contribution in [0.2, 0.25) is 5.02 Å². The zero-order chi connectivity index (χ0) is 17.4. The molecular weight excluding hydrogens is 339 g/mol. The molecule has 6 nitrogen and oxygen atoms in total. The van der Waals surface area contributed by atoms with Crippen LogP contribution in [-0.4, -0.2) is 27.7 Å². The van der Waals surface area contributed by atoms with Gasteiger partial charge in [-0.25, -0.2) is 9.18 Å². The van der Waals surface area contributed by atoms with Gasteiger partial charge in [0.1, 0.15) is 11.6 Å². The van der Waals surface area contributed by atoms with Crippen molar-refractivity contribution in [1.29, 1.82) is 0 Å². The number of hydrogen-bond acceptors (Lipinski definition) is 3. The maximum atomic E-state index is 14.0. The predicted molar refractivity (Wildman–Crippen MR) is 86.7 cm³/mol. The lowest BCUT2D eigenvalue weighted by molar-refractivity contribution is 0.187. The fourth-order valence-corrected chi connectivity index (χ4v) is 2.77. The number of carboxylic acid groups (broad SMARTS) is 1. The highest BCUT2D eigenvalue weighted by Gasteiger charge is 2.20. The zero-order valence-corrected chi connectivity index (χ0v) is 13.2. The van der Waals surface area contributed by atoms with Gasteiger partial charge in [0, 0.05) is 10.6 Å². The largest absolute Gasteiger partial charge is 0.497 e. The molecule has 1 aromatic heterocycles. The van der Waals surface area contributed by atoms with Crippen LogP contribution in [0.15, 0.2) is 41.2 Å². The first-order chi connectivity index (χ1) is 11.4. The van der Waals surface area contributed by atoms with E-state index in [0.717, 1.165) is 0 Å². The molecule has 0 saturated carbocycles. The quantitative estimate of drug-likeness (QED) is 0.787. The van der Waals surface area contributed by atoms with E-state index in [1.807, 2.05) is 0 Å². The fourth-order valence-electron chi connectivity index (χ4n) is 2.55. The highest BCUT2D eigenvalue weighted by Crippen LogP contribution is 2.24. The van der Waals surface area contributed by atoms with Crippen molar-refractivity contribution in [3.63, 3.8) is 0 Å². The van der Waals surface area contributed by atoms with E-state index in [9.17, 15) is 19.1 Å². The van der Waals surface area contributed by atoms with Crippen LogP contribution >= 0.6 is 11.6 Å². The van der Waals surface area contributed by atoms with Crippen LogP contribution in [0, 0.1) is 5.82 Å². The minimum atomic E-state index is -1.47. The third-order valence-corrected chi connectivity index (χ3v) is 4.05. The topological polar surface area (TPSA) is 73.5 Å². The van der Waals surface area contributed by atoms with Crippen molar-refractivity contribution in [3.8, 4) is 5.75 Å². The Balaban J connectivity index is 2.28. The molecule has 0 radical (unpaired) electrons. The molecule has 1 N–H and O–H groups in total. The van der Waals surface area contributed by atoms with Gasteiger partial charge in [-0.05, 0) is 30.3 Å². The monoisotopic (exact) mass is 350 g/mol. The highest BCUT2D eigenvalue weighted by atomic mass is 35.5. The molecule has 3 aromatic rings. The van der Waals surface area contributed by atoms with Crippen LogP contribution in [-0.2, 0) is 6.54 Å². The predicted octanol–water partition coefficient (Wildman–Crippen LogP) is 3.18. The Kier molecular flexibility index (Phi) is 4.02. The minimum Gasteiger partial charge on any atom is -0.497 e. The standard InChI is InChI=1S/C16H12ClFN2O4/c1-24-9-5-6-14-10(7-9)15(21)20(16(22)23)19(14)8-11-12(17)3-2-4-13(11)18/h2-7H,8H2,1H3,(H,22,23). The van der Waals surface area contributed by atoms with Gasteiger partial charge in [-0.1, -0.05) is 17.7 Å². The number of aromatic nitrogens is 2. The molecule has 0 aliphatic carbocycles. The van der Waals surface area contributed by atoms with E-state index < -0.39 is 17.5 Å². The van der Waals surface area contributed by atoms with E-state index in [2.05, 4.69) is 0 Å². The van der Waals surface area contributed by atoms with Gasteiger partial charge in [-0.3, -0.25) is 9.48 Å². The number of halogens is 2. The van der Waals surface area contributed by atoms with Crippen LogP contribution in [0.5, 0.6) is 5.75 Å². The molecule has 124 valence electrons. The van der Waals surface area contributed by atoms with Crippen molar-refractivity contribution in [3.05, 3.63) is 63.2 Å². The second-order valence-corrected chi connectivity index (χ2v) is 5.45. The van der Waals surface area contributed by atoms with Gasteiger partial charge in [-0.15, -0.1) is 4.68 Å². The van der Waals surface area contributed by atoms with Crippen molar-refractivity contribution in [2.24, 2.45) is 0 Å². The molecule has 0 fully saturated rings. The number of carbonyl (C=O) groups is 1. The minimum absolute atomic E-state index is 0.0990. The summed E-state index contributed by atoms with van der Waals surface area (Å²) in [6, 6.07) is 8.74. The van der Waals surface area contributed by atoms with Crippen molar-refractivity contribution < 1.29 is 19.0 Å². The normalized spacial score (nSPS) is 11.0. The molecule has 0 atom stereocenters. The zero-order valence-electron chi connectivity index (χ0n) is 12.5. The van der Waals surface area contributed by atoms with Crippen LogP contribution in [0.4, 0.5) is 9.18 Å². The maximum Gasteiger partial charge on any atom is 0.434 e. The number of nitrogens with zero attached hydrogens (tertiary/aromatic N) is 2. The molecule has 24 heavy (non-hydrogen) atoms. The third-order valence-electron chi connectivity index (χ3n) is 3.70. The summed E-state index contributed by atoms with van der Waals surface area (Å²) in [4.78, 5) is 23.9. The Morgan fingerprint density at radius 2 is 2.08 bits per heavy atom. The van der Waals surface area contributed by atoms with E-state index in [1.165, 1.54) is 36.1 Å². The summed E-state index contributed by atoms with van der Waals surface area (Å²) in [6.07, 6.45) is -1.47. The van der Waals surface area contributed by atoms with E-state index in [1.54, 1.807) is 12.1 Å². The number of ether oxygens (including phenoxy) is 1. The molecule has 8 heteroatoms. The molecule has 0 aliphatic rings. The van der Waals surface area contributed by atoms with Gasteiger partial charge in [0.15, 0.2) is 0 Å². The van der Waals surface area contributed by atoms with Crippen molar-refractivity contribution in [2.75, 3.05) is 7.11 Å². The lowest BCUT2D eigenvalue weighted by Gasteiger charge is -2.11. The summed E-state index contributed by atoms with van der Waals surface area (Å²) < 4.78 is 20.8. The molecule has 0 spiro atoms. The van der Waals surface area contributed by atoms with Gasteiger partial charge >= 0.3 is 6.09 Å². The van der Waals surface area contributed by atoms with E-state index >= 15 is 0 Å². The smallest absolute Gasteiger partial charge is 0.434 e. The average Bonchev–Trinajstić information content (AvgIpc) is 2.83. The van der Waals surface area contributed by atoms with Crippen molar-refractivity contribution in [2.45, 2.75) is 6.54 Å². The summed E-state index contributed by atoms with van der Waals surface area (Å²) in [5.74, 6) is -0.166. The SMILES string of the molecule is COc1ccc2c(c1)c(=O)n(C(=O)O)n2Cc1c(F)cccc1Cl. The van der Waals surface area contributed by atoms with Gasteiger partial charge in [0.25, 0.3) is 5.56 Å². The van der Waals surface area contributed by atoms with Crippen molar-refractivity contribution >= 4 is 28.6 Å². The fraction of sp³-hybridized carbons (Fsp3) is 0.125. The molecule has 0 amide bonds. The number of hydrogen-bond donors (Lipinski definition) is 1. The van der Waals surface area contributed by atoms with Crippen LogP contribution in [0.3, 0.4) is 0 Å². The molecule has 3 rings (SSSR count). The molecule has 0 bridgehead atoms. The number of benzene rings is 2. The first kappa shape index (κ1) is 16.1. The summed E-state index contributed by atoms with van der Waals surface area (Å²) in [5, 5.41) is 9.68. The summed E-state index contributed by atoms with van der Waals surface area (Å²) in [6.45, 7) is -0.205. The third kappa shape index (κ3) is 2.52. The van der Waals surface area contributed by atoms with Crippen LogP contribution in [0.25, 0.3) is 10.9 Å². The van der Waals surface area contributed by atoms with Gasteiger partial charge < -0.3 is 9.84 Å². The van der Waals surface area contributed by atoms with Gasteiger partial charge in [-0.2, -0.15) is 0 Å². The van der Waals surface area contributed by atoms with E-state index in [4.69, 9.17) is 16.3 Å². The Morgan fingerprint density at radius 1 is 1.33 bits per heavy atom. The summed E-state index contributed by atoms with van der Waals surface area (Å²) in [7, 11) is 1.44. The first-order valence-corrected chi connectivity index (χ1v) is 7.27. The summed E-state index contributed by atoms with van der Waals surface area (Å²) in [5.41, 5.74) is -0.298. The molecule has 0 unspecified atom stereocenters. The van der Waals surface area contributed by atoms with Crippen LogP contribution in [0.1, 0.15) is 5.56 Å². The molecular formula is C16H12ClFN2O4. The molecule has 2 aromatic carbocycles.